The molecule has 1 aliphatic carbocycles. The summed E-state index contributed by atoms with van der Waals surface area (Å²) in [5.41, 5.74) is 4.91. The van der Waals surface area contributed by atoms with Crippen molar-refractivity contribution in [2.75, 3.05) is 19.6 Å². The van der Waals surface area contributed by atoms with Gasteiger partial charge in [0.1, 0.15) is 6.04 Å². The highest BCUT2D eigenvalue weighted by Gasteiger charge is 2.36. The Hall–Kier alpha value is -2.24. The number of nitrogens with zero attached hydrogens (tertiary/aromatic N) is 2. The van der Waals surface area contributed by atoms with Crippen LogP contribution in [0.25, 0.3) is 0 Å². The van der Waals surface area contributed by atoms with E-state index >= 15 is 0 Å². The van der Waals surface area contributed by atoms with Crippen molar-refractivity contribution in [3.8, 4) is 0 Å². The number of aromatic nitrogens is 1. The second-order valence-electron chi connectivity index (χ2n) is 8.68. The zero-order valence-corrected chi connectivity index (χ0v) is 17.7. The fourth-order valence-electron chi connectivity index (χ4n) is 4.68. The van der Waals surface area contributed by atoms with Crippen molar-refractivity contribution >= 4 is 5.97 Å². The van der Waals surface area contributed by atoms with Gasteiger partial charge in [0.05, 0.1) is 0 Å². The number of carboxylic acid groups (broad SMARTS) is 1. The molecule has 2 aromatic rings. The van der Waals surface area contributed by atoms with Gasteiger partial charge in [0.15, 0.2) is 0 Å². The molecule has 1 aromatic heterocycles. The van der Waals surface area contributed by atoms with Gasteiger partial charge in [-0.15, -0.1) is 0 Å². The normalized spacial score (nSPS) is 17.9. The van der Waals surface area contributed by atoms with Gasteiger partial charge in [-0.2, -0.15) is 0 Å². The molecule has 2 aliphatic rings. The molecule has 0 radical (unpaired) electrons. The summed E-state index contributed by atoms with van der Waals surface area (Å²) in [4.78, 5) is 18.6. The first kappa shape index (κ1) is 21.0. The molecule has 1 unspecified atom stereocenters. The van der Waals surface area contributed by atoms with E-state index in [4.69, 9.17) is 4.98 Å². The molecule has 4 rings (SSSR count). The number of hydrogen-bond donors (Lipinski definition) is 2. The van der Waals surface area contributed by atoms with Crippen molar-refractivity contribution in [3.05, 3.63) is 65.0 Å². The second kappa shape index (κ2) is 10.2. The fraction of sp³-hybridized carbons (Fsp3) is 0.520. The molecule has 0 amide bonds. The summed E-state index contributed by atoms with van der Waals surface area (Å²) in [6, 6.07) is 13.9. The highest BCUT2D eigenvalue weighted by molar-refractivity contribution is 5.75. The van der Waals surface area contributed by atoms with E-state index in [-0.39, 0.29) is 0 Å². The average molecular weight is 408 g/mol. The quantitative estimate of drug-likeness (QED) is 0.587. The Balaban J connectivity index is 1.11. The van der Waals surface area contributed by atoms with Gasteiger partial charge in [0, 0.05) is 30.5 Å². The molecule has 160 valence electrons. The number of rotatable bonds is 10. The Morgan fingerprint density at radius 3 is 2.67 bits per heavy atom. The topological polar surface area (TPSA) is 65.5 Å². The molecule has 2 heterocycles. The zero-order chi connectivity index (χ0) is 20.8. The van der Waals surface area contributed by atoms with Crippen LogP contribution in [0.1, 0.15) is 60.7 Å². The number of fused-ring (bicyclic) bond motifs is 1. The van der Waals surface area contributed by atoms with Crippen LogP contribution in [0.2, 0.25) is 0 Å². The van der Waals surface area contributed by atoms with E-state index in [0.717, 1.165) is 44.5 Å². The van der Waals surface area contributed by atoms with Gasteiger partial charge in [0.25, 0.3) is 0 Å². The van der Waals surface area contributed by atoms with Crippen LogP contribution in [-0.4, -0.2) is 46.6 Å². The Bertz CT molecular complexity index is 834. The number of hydrogen-bond acceptors (Lipinski definition) is 4. The van der Waals surface area contributed by atoms with Crippen molar-refractivity contribution in [1.82, 2.24) is 15.2 Å². The molecule has 30 heavy (non-hydrogen) atoms. The molecule has 5 heteroatoms. The largest absolute Gasteiger partial charge is 0.480 e. The lowest BCUT2D eigenvalue weighted by atomic mass is 9.95. The third kappa shape index (κ3) is 5.27. The van der Waals surface area contributed by atoms with Crippen LogP contribution in [0.3, 0.4) is 0 Å². The summed E-state index contributed by atoms with van der Waals surface area (Å²) in [5.74, 6) is -0.768. The molecule has 5 nitrogen and oxygen atoms in total. The lowest BCUT2D eigenvalue weighted by molar-refractivity contribution is -0.145. The second-order valence-corrected chi connectivity index (χ2v) is 8.68. The monoisotopic (exact) mass is 407 g/mol. The van der Waals surface area contributed by atoms with Crippen molar-refractivity contribution in [3.63, 3.8) is 0 Å². The molecule has 1 atom stereocenters. The van der Waals surface area contributed by atoms with Crippen LogP contribution < -0.4 is 5.32 Å². The number of aliphatic carboxylic acids is 1. The third-order valence-electron chi connectivity index (χ3n) is 6.40. The van der Waals surface area contributed by atoms with Gasteiger partial charge in [0.2, 0.25) is 0 Å². The molecule has 1 aromatic carbocycles. The number of nitrogens with one attached hydrogen (secondary N) is 1. The van der Waals surface area contributed by atoms with Gasteiger partial charge < -0.3 is 10.4 Å². The Labute approximate surface area is 179 Å². The molecule has 0 spiro atoms. The first-order valence-electron chi connectivity index (χ1n) is 11.4. The van der Waals surface area contributed by atoms with Gasteiger partial charge in [-0.25, -0.2) is 0 Å². The molecule has 2 N–H and O–H groups in total. The van der Waals surface area contributed by atoms with E-state index < -0.39 is 12.0 Å². The number of unbranched alkanes of at least 4 members (excludes halogenated alkanes) is 2. The van der Waals surface area contributed by atoms with E-state index in [9.17, 15) is 9.90 Å². The number of pyridine rings is 1. The van der Waals surface area contributed by atoms with Crippen LogP contribution >= 0.6 is 0 Å². The summed E-state index contributed by atoms with van der Waals surface area (Å²) < 4.78 is 0. The first-order chi connectivity index (χ1) is 14.7. The van der Waals surface area contributed by atoms with Crippen LogP contribution in [0.5, 0.6) is 0 Å². The van der Waals surface area contributed by atoms with Crippen molar-refractivity contribution in [1.29, 1.82) is 0 Å². The molecule has 1 fully saturated rings. The lowest BCUT2D eigenvalue weighted by Gasteiger charge is -2.43. The van der Waals surface area contributed by atoms with Crippen molar-refractivity contribution in [2.24, 2.45) is 0 Å². The minimum absolute atomic E-state index is 0.401. The zero-order valence-electron chi connectivity index (χ0n) is 17.7. The molecule has 0 saturated carbocycles. The molecular weight excluding hydrogens is 374 g/mol. The Kier molecular flexibility index (Phi) is 7.13. The number of likely N-dealkylation sites (tertiary alicyclic amines) is 1. The first-order valence-corrected chi connectivity index (χ1v) is 11.4. The summed E-state index contributed by atoms with van der Waals surface area (Å²) in [7, 11) is 0. The Morgan fingerprint density at radius 1 is 1.07 bits per heavy atom. The number of carbonyl (C=O) groups is 1. The highest BCUT2D eigenvalue weighted by atomic mass is 16.4. The molecule has 1 aliphatic heterocycles. The van der Waals surface area contributed by atoms with Gasteiger partial charge >= 0.3 is 5.97 Å². The predicted molar refractivity (Wildman–Crippen MR) is 119 cm³/mol. The van der Waals surface area contributed by atoms with Gasteiger partial charge in [-0.05, 0) is 68.7 Å². The number of aryl methyl sites for hydroxylation is 3. The predicted octanol–water partition coefficient (Wildman–Crippen LogP) is 3.77. The van der Waals surface area contributed by atoms with E-state index in [1.54, 1.807) is 0 Å². The highest BCUT2D eigenvalue weighted by Crippen LogP contribution is 2.26. The SMILES string of the molecule is O=C(O)C(c1ccccc1)N1CC(NCCCCCc2ccc3c(n2)CCCC3)C1. The third-order valence-corrected chi connectivity index (χ3v) is 6.40. The average Bonchev–Trinajstić information content (AvgIpc) is 2.74. The van der Waals surface area contributed by atoms with Crippen LogP contribution in [0.4, 0.5) is 0 Å². The van der Waals surface area contributed by atoms with Gasteiger partial charge in [-0.3, -0.25) is 14.7 Å². The van der Waals surface area contributed by atoms with Crippen LogP contribution in [-0.2, 0) is 24.1 Å². The standard InChI is InChI=1S/C25H33N3O2/c29-25(30)24(20-10-3-1-4-11-20)28-17-22(18-28)26-16-8-2-5-12-21-15-14-19-9-6-7-13-23(19)27-21/h1,3-4,10-11,14-15,22,24,26H,2,5-9,12-13,16-18H2,(H,29,30). The summed E-state index contributed by atoms with van der Waals surface area (Å²) >= 11 is 0. The molecular formula is C25H33N3O2. The molecule has 0 bridgehead atoms. The van der Waals surface area contributed by atoms with Crippen molar-refractivity contribution < 1.29 is 9.90 Å². The maximum atomic E-state index is 11.7. The smallest absolute Gasteiger partial charge is 0.325 e. The summed E-state index contributed by atoms with van der Waals surface area (Å²) in [6.45, 7) is 2.59. The minimum Gasteiger partial charge on any atom is -0.480 e. The van der Waals surface area contributed by atoms with E-state index in [1.807, 2.05) is 35.2 Å². The minimum atomic E-state index is -0.768. The lowest BCUT2D eigenvalue weighted by Crippen LogP contribution is -2.60. The maximum absolute atomic E-state index is 11.7. The van der Waals surface area contributed by atoms with Crippen molar-refractivity contribution in [2.45, 2.75) is 63.5 Å². The van der Waals surface area contributed by atoms with E-state index in [1.165, 1.54) is 49.1 Å². The van der Waals surface area contributed by atoms with Gasteiger partial charge in [-0.1, -0.05) is 42.8 Å². The molecule has 1 saturated heterocycles. The summed E-state index contributed by atoms with van der Waals surface area (Å²) in [5, 5.41) is 13.2. The number of carboxylic acids is 1. The summed E-state index contributed by atoms with van der Waals surface area (Å²) in [6.07, 6.45) is 9.55. The van der Waals surface area contributed by atoms with E-state index in [2.05, 4.69) is 17.4 Å². The maximum Gasteiger partial charge on any atom is 0.325 e. The Morgan fingerprint density at radius 2 is 1.87 bits per heavy atom. The van der Waals surface area contributed by atoms with Crippen LogP contribution in [0.15, 0.2) is 42.5 Å². The fourth-order valence-corrected chi connectivity index (χ4v) is 4.68. The number of benzene rings is 1. The van der Waals surface area contributed by atoms with E-state index in [0.29, 0.717) is 6.04 Å². The van der Waals surface area contributed by atoms with Crippen LogP contribution in [0, 0.1) is 0 Å².